The lowest BCUT2D eigenvalue weighted by atomic mass is 10.1. The summed E-state index contributed by atoms with van der Waals surface area (Å²) >= 11 is 1.97. The van der Waals surface area contributed by atoms with Crippen LogP contribution in [-0.4, -0.2) is 10.7 Å². The first-order valence-corrected chi connectivity index (χ1v) is 8.64. The van der Waals surface area contributed by atoms with Gasteiger partial charge in [0.25, 0.3) is 0 Å². The van der Waals surface area contributed by atoms with Crippen molar-refractivity contribution in [1.29, 1.82) is 0 Å². The van der Waals surface area contributed by atoms with Crippen LogP contribution in [-0.2, 0) is 5.75 Å². The Morgan fingerprint density at radius 1 is 0.950 bits per heavy atom. The topological polar surface area (TPSA) is 12.9 Å². The Morgan fingerprint density at radius 3 is 2.40 bits per heavy atom. The largest absolute Gasteiger partial charge is 0.252 e. The number of thioether (sulfide) groups is 1. The van der Waals surface area contributed by atoms with Gasteiger partial charge in [0.15, 0.2) is 0 Å². The molecule has 1 aromatic heterocycles. The molecular formula is C18H25NS. The van der Waals surface area contributed by atoms with Gasteiger partial charge in [-0.2, -0.15) is 11.8 Å². The van der Waals surface area contributed by atoms with Gasteiger partial charge in [0, 0.05) is 11.3 Å². The first kappa shape index (κ1) is 16.8. The van der Waals surface area contributed by atoms with Crippen molar-refractivity contribution in [3.8, 4) is 11.3 Å². The van der Waals surface area contributed by atoms with Crippen LogP contribution in [0.1, 0.15) is 39.3 Å². The summed E-state index contributed by atoms with van der Waals surface area (Å²) in [6.45, 7) is 6.23. The van der Waals surface area contributed by atoms with Crippen molar-refractivity contribution in [2.24, 2.45) is 0 Å². The molecule has 2 rings (SSSR count). The Labute approximate surface area is 127 Å². The number of rotatable bonds is 6. The molecule has 0 aliphatic carbocycles. The van der Waals surface area contributed by atoms with E-state index in [-0.39, 0.29) is 0 Å². The molecule has 1 nitrogen and oxygen atoms in total. The standard InChI is InChI=1S/C16H19NS.C2H6/c1-2-3-12-18-13-15-10-7-11-16(17-15)14-8-5-4-6-9-14;1-2/h4-11H,2-3,12-13H2,1H3;1-2H3. The maximum Gasteiger partial charge on any atom is 0.0705 e. The molecule has 0 aliphatic rings. The highest BCUT2D eigenvalue weighted by Gasteiger charge is 2.00. The quantitative estimate of drug-likeness (QED) is 0.622. The fraction of sp³-hybridized carbons (Fsp3) is 0.389. The summed E-state index contributed by atoms with van der Waals surface area (Å²) in [6.07, 6.45) is 2.56. The average molecular weight is 287 g/mol. The molecule has 0 radical (unpaired) electrons. The second-order valence-electron chi connectivity index (χ2n) is 4.29. The molecule has 20 heavy (non-hydrogen) atoms. The number of aromatic nitrogens is 1. The minimum absolute atomic E-state index is 1.01. The molecule has 0 unspecified atom stereocenters. The summed E-state index contributed by atoms with van der Waals surface area (Å²) in [5, 5.41) is 0. The Morgan fingerprint density at radius 2 is 1.70 bits per heavy atom. The van der Waals surface area contributed by atoms with Crippen LogP contribution in [0.2, 0.25) is 0 Å². The van der Waals surface area contributed by atoms with Crippen molar-refractivity contribution in [3.63, 3.8) is 0 Å². The van der Waals surface area contributed by atoms with Gasteiger partial charge in [0.05, 0.1) is 11.4 Å². The number of hydrogen-bond acceptors (Lipinski definition) is 2. The second kappa shape index (κ2) is 10.5. The van der Waals surface area contributed by atoms with E-state index in [1.54, 1.807) is 0 Å². The van der Waals surface area contributed by atoms with Crippen molar-refractivity contribution in [3.05, 3.63) is 54.2 Å². The zero-order valence-corrected chi connectivity index (χ0v) is 13.6. The number of hydrogen-bond donors (Lipinski definition) is 0. The molecule has 1 heterocycles. The normalized spacial score (nSPS) is 9.75. The van der Waals surface area contributed by atoms with Crippen molar-refractivity contribution in [2.75, 3.05) is 5.75 Å². The van der Waals surface area contributed by atoms with E-state index in [4.69, 9.17) is 4.98 Å². The summed E-state index contributed by atoms with van der Waals surface area (Å²) in [6, 6.07) is 16.7. The maximum absolute atomic E-state index is 4.72. The predicted molar refractivity (Wildman–Crippen MR) is 92.1 cm³/mol. The highest BCUT2D eigenvalue weighted by Crippen LogP contribution is 2.19. The van der Waals surface area contributed by atoms with Crippen LogP contribution >= 0.6 is 11.8 Å². The Kier molecular flexibility index (Phi) is 8.81. The van der Waals surface area contributed by atoms with Gasteiger partial charge in [-0.25, -0.2) is 0 Å². The molecule has 2 aromatic rings. The molecule has 0 atom stereocenters. The monoisotopic (exact) mass is 287 g/mol. The third kappa shape index (κ3) is 5.79. The van der Waals surface area contributed by atoms with Crippen molar-refractivity contribution >= 4 is 11.8 Å². The third-order valence-electron chi connectivity index (χ3n) is 2.77. The minimum Gasteiger partial charge on any atom is -0.252 e. The van der Waals surface area contributed by atoms with E-state index in [0.717, 1.165) is 11.4 Å². The zero-order valence-electron chi connectivity index (χ0n) is 12.8. The SMILES string of the molecule is CC.CCCCSCc1cccc(-c2ccccc2)n1. The molecule has 0 N–H and O–H groups in total. The number of pyridine rings is 1. The Hall–Kier alpha value is -1.28. The Bertz CT molecular complexity index is 468. The van der Waals surface area contributed by atoms with E-state index in [9.17, 15) is 0 Å². The molecule has 0 aliphatic heterocycles. The number of unbranched alkanes of at least 4 members (excludes halogenated alkanes) is 1. The first-order valence-electron chi connectivity index (χ1n) is 7.49. The van der Waals surface area contributed by atoms with E-state index < -0.39 is 0 Å². The number of nitrogens with zero attached hydrogens (tertiary/aromatic N) is 1. The van der Waals surface area contributed by atoms with Crippen LogP contribution in [0.25, 0.3) is 11.3 Å². The molecule has 2 heteroatoms. The molecule has 0 saturated carbocycles. The lowest BCUT2D eigenvalue weighted by Crippen LogP contribution is -1.91. The summed E-state index contributed by atoms with van der Waals surface area (Å²) < 4.78 is 0. The van der Waals surface area contributed by atoms with E-state index in [2.05, 4.69) is 49.4 Å². The van der Waals surface area contributed by atoms with Crippen molar-refractivity contribution in [2.45, 2.75) is 39.4 Å². The lowest BCUT2D eigenvalue weighted by molar-refractivity contribution is 0.895. The van der Waals surface area contributed by atoms with Gasteiger partial charge in [-0.1, -0.05) is 63.6 Å². The predicted octanol–water partition coefficient (Wildman–Crippen LogP) is 5.81. The summed E-state index contributed by atoms with van der Waals surface area (Å²) in [7, 11) is 0. The molecule has 108 valence electrons. The van der Waals surface area contributed by atoms with E-state index in [0.29, 0.717) is 0 Å². The van der Waals surface area contributed by atoms with Gasteiger partial charge in [-0.15, -0.1) is 0 Å². The molecule has 1 aromatic carbocycles. The van der Waals surface area contributed by atoms with Gasteiger partial charge in [0.1, 0.15) is 0 Å². The van der Waals surface area contributed by atoms with Crippen LogP contribution in [0, 0.1) is 0 Å². The highest BCUT2D eigenvalue weighted by atomic mass is 32.2. The van der Waals surface area contributed by atoms with Crippen LogP contribution < -0.4 is 0 Å². The minimum atomic E-state index is 1.01. The zero-order chi connectivity index (χ0) is 14.6. The summed E-state index contributed by atoms with van der Waals surface area (Å²) in [4.78, 5) is 4.72. The van der Waals surface area contributed by atoms with E-state index in [1.165, 1.54) is 29.9 Å². The van der Waals surface area contributed by atoms with Gasteiger partial charge in [0.2, 0.25) is 0 Å². The van der Waals surface area contributed by atoms with Gasteiger partial charge in [-0.3, -0.25) is 4.98 Å². The lowest BCUT2D eigenvalue weighted by Gasteiger charge is -2.04. The van der Waals surface area contributed by atoms with Crippen LogP contribution in [0.4, 0.5) is 0 Å². The summed E-state index contributed by atoms with van der Waals surface area (Å²) in [5.41, 5.74) is 3.44. The molecule has 0 fully saturated rings. The van der Waals surface area contributed by atoms with Crippen LogP contribution in [0.3, 0.4) is 0 Å². The van der Waals surface area contributed by atoms with Crippen molar-refractivity contribution < 1.29 is 0 Å². The maximum atomic E-state index is 4.72. The fourth-order valence-electron chi connectivity index (χ4n) is 1.75. The average Bonchev–Trinajstić information content (AvgIpc) is 2.55. The van der Waals surface area contributed by atoms with Crippen LogP contribution in [0.5, 0.6) is 0 Å². The first-order chi connectivity index (χ1) is 9.90. The molecule has 0 saturated heterocycles. The van der Waals surface area contributed by atoms with E-state index in [1.807, 2.05) is 31.7 Å². The van der Waals surface area contributed by atoms with Crippen molar-refractivity contribution in [1.82, 2.24) is 4.98 Å². The fourth-order valence-corrected chi connectivity index (χ4v) is 2.76. The van der Waals surface area contributed by atoms with Gasteiger partial charge in [-0.05, 0) is 24.3 Å². The third-order valence-corrected chi connectivity index (χ3v) is 3.85. The highest BCUT2D eigenvalue weighted by molar-refractivity contribution is 7.98. The molecule has 0 amide bonds. The van der Waals surface area contributed by atoms with Gasteiger partial charge < -0.3 is 0 Å². The molecule has 0 spiro atoms. The second-order valence-corrected chi connectivity index (χ2v) is 5.39. The molecular weight excluding hydrogens is 262 g/mol. The van der Waals surface area contributed by atoms with Crippen LogP contribution in [0.15, 0.2) is 48.5 Å². The van der Waals surface area contributed by atoms with E-state index >= 15 is 0 Å². The molecule has 0 bridgehead atoms. The smallest absolute Gasteiger partial charge is 0.0705 e. The van der Waals surface area contributed by atoms with Gasteiger partial charge >= 0.3 is 0 Å². The summed E-state index contributed by atoms with van der Waals surface area (Å²) in [5.74, 6) is 2.24. The Balaban J connectivity index is 0.000000956. The number of benzene rings is 1.